The minimum absolute atomic E-state index is 0.143. The van der Waals surface area contributed by atoms with Crippen molar-refractivity contribution in [1.29, 1.82) is 0 Å². The summed E-state index contributed by atoms with van der Waals surface area (Å²) in [5.41, 5.74) is 0.834. The summed E-state index contributed by atoms with van der Waals surface area (Å²) in [5.74, 6) is 1.12. The van der Waals surface area contributed by atoms with Crippen LogP contribution in [0.5, 0.6) is 5.75 Å². The van der Waals surface area contributed by atoms with Gasteiger partial charge in [0.1, 0.15) is 5.75 Å². The molecule has 0 aliphatic rings. The van der Waals surface area contributed by atoms with Crippen molar-refractivity contribution in [3.63, 3.8) is 0 Å². The lowest BCUT2D eigenvalue weighted by Crippen LogP contribution is -2.18. The number of rotatable bonds is 7. The Bertz CT molecular complexity index is 488. The summed E-state index contributed by atoms with van der Waals surface area (Å²) in [4.78, 5) is 0. The predicted octanol–water partition coefficient (Wildman–Crippen LogP) is 2.69. The lowest BCUT2D eigenvalue weighted by Gasteiger charge is -2.10. The number of sulfone groups is 1. The number of anilines is 1. The minimum atomic E-state index is -2.94. The zero-order valence-corrected chi connectivity index (χ0v) is 13.0. The van der Waals surface area contributed by atoms with E-state index in [0.29, 0.717) is 13.0 Å². The van der Waals surface area contributed by atoms with E-state index in [0.717, 1.165) is 15.9 Å². The molecule has 1 N–H and O–H groups in total. The highest BCUT2D eigenvalue weighted by Gasteiger charge is 2.09. The molecule has 0 saturated carbocycles. The van der Waals surface area contributed by atoms with E-state index in [4.69, 9.17) is 4.74 Å². The van der Waals surface area contributed by atoms with Crippen LogP contribution in [0.15, 0.2) is 22.7 Å². The second kappa shape index (κ2) is 6.99. The summed E-state index contributed by atoms with van der Waals surface area (Å²) in [6, 6.07) is 5.53. The molecular formula is C12H18BrNO3S. The van der Waals surface area contributed by atoms with Gasteiger partial charge in [-0.25, -0.2) is 8.42 Å². The van der Waals surface area contributed by atoms with Crippen LogP contribution in [0.2, 0.25) is 0 Å². The Morgan fingerprint density at radius 1 is 1.33 bits per heavy atom. The number of methoxy groups -OCH3 is 1. The molecule has 1 aromatic rings. The molecule has 1 rings (SSSR count). The first kappa shape index (κ1) is 15.3. The molecule has 6 heteroatoms. The summed E-state index contributed by atoms with van der Waals surface area (Å²) >= 11 is 3.40. The zero-order chi connectivity index (χ0) is 13.6. The van der Waals surface area contributed by atoms with Crippen LogP contribution in [0.3, 0.4) is 0 Å². The van der Waals surface area contributed by atoms with E-state index in [1.54, 1.807) is 7.11 Å². The van der Waals surface area contributed by atoms with Crippen molar-refractivity contribution in [3.05, 3.63) is 22.7 Å². The Hall–Kier alpha value is -0.750. The fourth-order valence-corrected chi connectivity index (χ4v) is 3.15. The number of benzene rings is 1. The third-order valence-electron chi connectivity index (χ3n) is 2.42. The molecule has 4 nitrogen and oxygen atoms in total. The van der Waals surface area contributed by atoms with Crippen LogP contribution in [-0.4, -0.2) is 33.6 Å². The van der Waals surface area contributed by atoms with Crippen LogP contribution in [0.4, 0.5) is 5.69 Å². The van der Waals surface area contributed by atoms with Crippen molar-refractivity contribution in [2.75, 3.05) is 30.5 Å². The number of ether oxygens (including phenoxy) is 1. The maximum atomic E-state index is 11.6. The largest absolute Gasteiger partial charge is 0.497 e. The second-order valence-electron chi connectivity index (χ2n) is 3.92. The first-order valence-corrected chi connectivity index (χ1v) is 8.38. The fraction of sp³-hybridized carbons (Fsp3) is 0.500. The van der Waals surface area contributed by atoms with E-state index in [2.05, 4.69) is 21.2 Å². The molecule has 0 fully saturated rings. The smallest absolute Gasteiger partial charge is 0.152 e. The Balaban J connectivity index is 2.58. The van der Waals surface area contributed by atoms with E-state index in [1.807, 2.05) is 25.1 Å². The van der Waals surface area contributed by atoms with Crippen molar-refractivity contribution in [1.82, 2.24) is 0 Å². The third-order valence-corrected chi connectivity index (χ3v) is 4.97. The van der Waals surface area contributed by atoms with Gasteiger partial charge in [0.05, 0.1) is 18.6 Å². The average Bonchev–Trinajstić information content (AvgIpc) is 2.31. The minimum Gasteiger partial charge on any atom is -0.497 e. The fourth-order valence-electron chi connectivity index (χ4n) is 1.52. The molecule has 0 aliphatic heterocycles. The Kier molecular flexibility index (Phi) is 5.95. The van der Waals surface area contributed by atoms with Crippen molar-refractivity contribution in [2.45, 2.75) is 13.3 Å². The topological polar surface area (TPSA) is 55.4 Å². The predicted molar refractivity (Wildman–Crippen MR) is 78.1 cm³/mol. The standard InChI is InChI=1S/C12H18BrNO3S/c1-3-7-18(15,16)8-6-14-12-9-10(17-2)4-5-11(12)13/h4-5,9,14H,3,6-8H2,1-2H3. The lowest BCUT2D eigenvalue weighted by molar-refractivity contribution is 0.415. The first-order valence-electron chi connectivity index (χ1n) is 5.76. The van der Waals surface area contributed by atoms with Gasteiger partial charge < -0.3 is 10.1 Å². The van der Waals surface area contributed by atoms with Gasteiger partial charge in [-0.2, -0.15) is 0 Å². The highest BCUT2D eigenvalue weighted by Crippen LogP contribution is 2.26. The number of nitrogens with one attached hydrogen (secondary N) is 1. The summed E-state index contributed by atoms with van der Waals surface area (Å²) in [5, 5.41) is 3.10. The van der Waals surface area contributed by atoms with Gasteiger partial charge in [-0.3, -0.25) is 0 Å². The molecule has 0 aromatic heterocycles. The molecule has 0 atom stereocenters. The van der Waals surface area contributed by atoms with Crippen molar-refractivity contribution in [2.24, 2.45) is 0 Å². The van der Waals surface area contributed by atoms with Gasteiger partial charge >= 0.3 is 0 Å². The average molecular weight is 336 g/mol. The molecule has 0 bridgehead atoms. The van der Waals surface area contributed by atoms with Crippen LogP contribution in [0.1, 0.15) is 13.3 Å². The van der Waals surface area contributed by atoms with Crippen LogP contribution in [0.25, 0.3) is 0 Å². The molecule has 0 amide bonds. The van der Waals surface area contributed by atoms with Gasteiger partial charge in [0.25, 0.3) is 0 Å². The Labute approximate surface area is 117 Å². The normalized spacial score (nSPS) is 11.3. The molecule has 0 heterocycles. The maximum absolute atomic E-state index is 11.6. The number of halogens is 1. The van der Waals surface area contributed by atoms with E-state index < -0.39 is 9.84 Å². The van der Waals surface area contributed by atoms with Crippen LogP contribution in [0, 0.1) is 0 Å². The molecule has 18 heavy (non-hydrogen) atoms. The molecular weight excluding hydrogens is 318 g/mol. The van der Waals surface area contributed by atoms with Crippen LogP contribution >= 0.6 is 15.9 Å². The Morgan fingerprint density at radius 2 is 2.06 bits per heavy atom. The summed E-state index contributed by atoms with van der Waals surface area (Å²) < 4.78 is 29.1. The van der Waals surface area contributed by atoms with E-state index >= 15 is 0 Å². The molecule has 1 aromatic carbocycles. The van der Waals surface area contributed by atoms with Crippen LogP contribution in [-0.2, 0) is 9.84 Å². The summed E-state index contributed by atoms with van der Waals surface area (Å²) in [6.45, 7) is 2.26. The SMILES string of the molecule is CCCS(=O)(=O)CCNc1cc(OC)ccc1Br. The second-order valence-corrected chi connectivity index (χ2v) is 7.08. The molecule has 0 unspecified atom stereocenters. The molecule has 0 spiro atoms. The van der Waals surface area contributed by atoms with E-state index in [9.17, 15) is 8.42 Å². The van der Waals surface area contributed by atoms with Gasteiger partial charge in [-0.15, -0.1) is 0 Å². The monoisotopic (exact) mass is 335 g/mol. The quantitative estimate of drug-likeness (QED) is 0.832. The van der Waals surface area contributed by atoms with Gasteiger partial charge in [-0.1, -0.05) is 6.92 Å². The highest BCUT2D eigenvalue weighted by atomic mass is 79.9. The number of hydrogen-bond donors (Lipinski definition) is 1. The van der Waals surface area contributed by atoms with E-state index in [1.165, 1.54) is 0 Å². The summed E-state index contributed by atoms with van der Waals surface area (Å²) in [6.07, 6.45) is 0.658. The highest BCUT2D eigenvalue weighted by molar-refractivity contribution is 9.10. The lowest BCUT2D eigenvalue weighted by atomic mass is 10.3. The van der Waals surface area contributed by atoms with Gasteiger partial charge in [0.15, 0.2) is 9.84 Å². The van der Waals surface area contributed by atoms with Gasteiger partial charge in [-0.05, 0) is 34.5 Å². The van der Waals surface area contributed by atoms with Crippen molar-refractivity contribution < 1.29 is 13.2 Å². The maximum Gasteiger partial charge on any atom is 0.152 e. The van der Waals surface area contributed by atoms with Gasteiger partial charge in [0.2, 0.25) is 0 Å². The molecule has 0 saturated heterocycles. The van der Waals surface area contributed by atoms with E-state index in [-0.39, 0.29) is 11.5 Å². The van der Waals surface area contributed by atoms with Crippen molar-refractivity contribution in [3.8, 4) is 5.75 Å². The number of hydrogen-bond acceptors (Lipinski definition) is 4. The molecule has 0 aliphatic carbocycles. The molecule has 102 valence electrons. The Morgan fingerprint density at radius 3 is 2.67 bits per heavy atom. The summed E-state index contributed by atoms with van der Waals surface area (Å²) in [7, 11) is -1.34. The van der Waals surface area contributed by atoms with Gasteiger partial charge in [0, 0.05) is 22.8 Å². The van der Waals surface area contributed by atoms with Crippen LogP contribution < -0.4 is 10.1 Å². The zero-order valence-electron chi connectivity index (χ0n) is 10.6. The third kappa shape index (κ3) is 4.86. The van der Waals surface area contributed by atoms with Crippen molar-refractivity contribution >= 4 is 31.5 Å². The molecule has 0 radical (unpaired) electrons. The first-order chi connectivity index (χ1) is 8.48.